The van der Waals surface area contributed by atoms with Crippen molar-refractivity contribution >= 4 is 52.9 Å². The lowest BCUT2D eigenvalue weighted by Crippen LogP contribution is -2.62. The van der Waals surface area contributed by atoms with Crippen LogP contribution in [-0.2, 0) is 43.4 Å². The van der Waals surface area contributed by atoms with Gasteiger partial charge in [-0.25, -0.2) is 4.79 Å². The maximum Gasteiger partial charge on any atom is 0.326 e. The van der Waals surface area contributed by atoms with E-state index >= 15 is 4.79 Å². The number of nitrogens with zero attached hydrogens (tertiary/aromatic N) is 4. The average molecular weight is 794 g/mol. The summed E-state index contributed by atoms with van der Waals surface area (Å²) in [4.78, 5) is 81.6. The second-order valence-corrected chi connectivity index (χ2v) is 15.8. The second kappa shape index (κ2) is 19.6. The van der Waals surface area contributed by atoms with Gasteiger partial charge in [-0.1, -0.05) is 43.2 Å². The zero-order valence-corrected chi connectivity index (χ0v) is 32.4. The fourth-order valence-electron chi connectivity index (χ4n) is 8.15. The van der Waals surface area contributed by atoms with E-state index in [0.717, 1.165) is 35.3 Å². The maximum absolute atomic E-state index is 15.1. The Morgan fingerprint density at radius 2 is 1.54 bits per heavy atom. The molecule has 2 aliphatic heterocycles. The first-order valence-corrected chi connectivity index (χ1v) is 20.1. The summed E-state index contributed by atoms with van der Waals surface area (Å²) in [5.41, 5.74) is 29.7. The first-order valence-electron chi connectivity index (χ1n) is 19.3. The molecule has 56 heavy (non-hydrogen) atoms. The molecule has 1 aliphatic carbocycles. The number of guanidine groups is 2. The van der Waals surface area contributed by atoms with Crippen LogP contribution in [0.1, 0.15) is 73.8 Å². The van der Waals surface area contributed by atoms with Crippen molar-refractivity contribution in [3.05, 3.63) is 57.8 Å². The molecule has 5 rings (SSSR count). The fraction of sp³-hybridized carbons (Fsp3) is 0.553. The first kappa shape index (κ1) is 41.9. The Balaban J connectivity index is 1.42. The number of carbonyl (C=O) groups is 5. The Kier molecular flexibility index (Phi) is 14.7. The van der Waals surface area contributed by atoms with E-state index in [2.05, 4.69) is 20.6 Å². The first-order chi connectivity index (χ1) is 26.8. The summed E-state index contributed by atoms with van der Waals surface area (Å²) >= 11 is 1.45. The Hall–Kier alpha value is -5.23. The Morgan fingerprint density at radius 3 is 2.20 bits per heavy atom. The molecule has 17 nitrogen and oxygen atoms in total. The van der Waals surface area contributed by atoms with Gasteiger partial charge in [-0.15, -0.1) is 11.3 Å². The Bertz CT molecular complexity index is 1760. The van der Waals surface area contributed by atoms with E-state index in [-0.39, 0.29) is 68.6 Å². The monoisotopic (exact) mass is 793 g/mol. The number of aliphatic imine (C=N–C) groups is 2. The smallest absolute Gasteiger partial charge is 0.326 e. The van der Waals surface area contributed by atoms with Gasteiger partial charge in [-0.3, -0.25) is 29.2 Å². The third kappa shape index (κ3) is 10.7. The van der Waals surface area contributed by atoms with Crippen molar-refractivity contribution in [2.24, 2.45) is 44.6 Å². The van der Waals surface area contributed by atoms with Gasteiger partial charge >= 0.3 is 5.97 Å². The number of thiophene rings is 1. The van der Waals surface area contributed by atoms with Crippen molar-refractivity contribution < 1.29 is 29.1 Å². The third-order valence-electron chi connectivity index (χ3n) is 10.9. The molecule has 304 valence electrons. The lowest BCUT2D eigenvalue weighted by molar-refractivity contribution is -0.153. The third-order valence-corrected chi connectivity index (χ3v) is 11.8. The molecule has 18 heteroatoms. The molecule has 0 radical (unpaired) electrons. The van der Waals surface area contributed by atoms with Crippen LogP contribution in [-0.4, -0.2) is 106 Å². The largest absolute Gasteiger partial charge is 0.480 e. The number of fused-ring (bicyclic) bond motifs is 2. The van der Waals surface area contributed by atoms with Crippen molar-refractivity contribution in [1.29, 1.82) is 0 Å². The average Bonchev–Trinajstić information content (AvgIpc) is 3.84. The van der Waals surface area contributed by atoms with E-state index in [1.807, 2.05) is 41.8 Å². The van der Waals surface area contributed by atoms with Crippen molar-refractivity contribution in [2.45, 2.75) is 113 Å². The zero-order valence-electron chi connectivity index (χ0n) is 31.6. The number of carbonyl (C=O) groups excluding carboxylic acids is 4. The summed E-state index contributed by atoms with van der Waals surface area (Å²) < 4.78 is 0. The number of hydrogen-bond acceptors (Lipinski definition) is 9. The summed E-state index contributed by atoms with van der Waals surface area (Å²) in [5.74, 6) is -3.21. The molecule has 4 amide bonds. The van der Waals surface area contributed by atoms with E-state index in [1.165, 1.54) is 16.2 Å². The lowest BCUT2D eigenvalue weighted by Gasteiger charge is -2.42. The molecule has 13 N–H and O–H groups in total. The van der Waals surface area contributed by atoms with Crippen molar-refractivity contribution in [1.82, 2.24) is 20.4 Å². The topological polar surface area (TPSA) is 291 Å². The van der Waals surface area contributed by atoms with E-state index < -0.39 is 53.9 Å². The summed E-state index contributed by atoms with van der Waals surface area (Å²) in [6.07, 6.45) is 5.26. The minimum absolute atomic E-state index is 0.0490. The molecular formula is C38H55N11O6S. The number of carboxylic acids is 1. The van der Waals surface area contributed by atoms with E-state index in [0.29, 0.717) is 32.2 Å². The van der Waals surface area contributed by atoms with Crippen LogP contribution in [0.4, 0.5) is 0 Å². The number of likely N-dealkylation sites (tertiary alicyclic amines) is 1. The van der Waals surface area contributed by atoms with Gasteiger partial charge in [0, 0.05) is 43.4 Å². The Labute approximate surface area is 330 Å². The zero-order chi connectivity index (χ0) is 40.4. The number of amides is 4. The number of aliphatic carboxylic acids is 1. The van der Waals surface area contributed by atoms with Crippen LogP contribution in [0.15, 0.2) is 51.8 Å². The minimum atomic E-state index is -1.21. The maximum atomic E-state index is 15.1. The Morgan fingerprint density at radius 1 is 0.857 bits per heavy atom. The van der Waals surface area contributed by atoms with Crippen LogP contribution >= 0.6 is 11.3 Å². The van der Waals surface area contributed by atoms with Gasteiger partial charge in [0.25, 0.3) is 0 Å². The number of nitrogens with two attached hydrogens (primary N) is 5. The number of rotatable bonds is 17. The highest BCUT2D eigenvalue weighted by Gasteiger charge is 2.51. The van der Waals surface area contributed by atoms with Crippen LogP contribution < -0.4 is 39.3 Å². The molecule has 1 saturated heterocycles. The van der Waals surface area contributed by atoms with Gasteiger partial charge in [-0.05, 0) is 73.4 Å². The van der Waals surface area contributed by atoms with Crippen LogP contribution in [0.2, 0.25) is 0 Å². The molecule has 3 heterocycles. The molecule has 2 unspecified atom stereocenters. The van der Waals surface area contributed by atoms with Crippen LogP contribution in [0.25, 0.3) is 0 Å². The quantitative estimate of drug-likeness (QED) is 0.0594. The minimum Gasteiger partial charge on any atom is -0.480 e. The van der Waals surface area contributed by atoms with E-state index in [4.69, 9.17) is 28.7 Å². The van der Waals surface area contributed by atoms with Crippen molar-refractivity contribution in [2.75, 3.05) is 13.1 Å². The highest BCUT2D eigenvalue weighted by atomic mass is 32.1. The summed E-state index contributed by atoms with van der Waals surface area (Å²) in [7, 11) is 0. The molecule has 2 aromatic rings. The van der Waals surface area contributed by atoms with Gasteiger partial charge in [-0.2, -0.15) is 0 Å². The summed E-state index contributed by atoms with van der Waals surface area (Å²) in [5, 5.41) is 17.4. The number of nitrogens with one attached hydrogen (secondary N) is 2. The predicted octanol–water partition coefficient (Wildman–Crippen LogP) is -0.107. The van der Waals surface area contributed by atoms with Crippen LogP contribution in [0.5, 0.6) is 0 Å². The van der Waals surface area contributed by atoms with Crippen LogP contribution in [0.3, 0.4) is 0 Å². The molecule has 1 saturated carbocycles. The van der Waals surface area contributed by atoms with Crippen molar-refractivity contribution in [3.8, 4) is 0 Å². The lowest BCUT2D eigenvalue weighted by atomic mass is 9.84. The van der Waals surface area contributed by atoms with Gasteiger partial charge in [0.15, 0.2) is 11.9 Å². The van der Waals surface area contributed by atoms with Gasteiger partial charge in [0.2, 0.25) is 23.6 Å². The summed E-state index contributed by atoms with van der Waals surface area (Å²) in [6, 6.07) is 6.00. The fourth-order valence-corrected chi connectivity index (χ4v) is 8.90. The van der Waals surface area contributed by atoms with E-state index in [9.17, 15) is 24.3 Å². The highest BCUT2D eigenvalue weighted by Crippen LogP contribution is 2.41. The highest BCUT2D eigenvalue weighted by molar-refractivity contribution is 7.09. The standard InChI is InChI=1S/C38H55N11O6S/c39-26(12-5-15-44-37(40)41)32(50)47-28(20-25-11-7-17-56-25)34(52)48-21-24-10-2-1-8-22(24)18-31(48)35(53)49-29-14-4-3-9-23(29)19-30(49)33(51)46-27(36(54)55)13-6-16-45-38(42)43/h1-2,7-8,10-11,17,23,26-31H,3-6,9,12-16,18-21,39H2,(H,46,51)(H,47,50)(H,54,55)(H4,40,41,44)(H4,42,43,45)/t23?,26-,27-,28-,29?,30-,31-/m0/s1. The molecule has 1 aromatic carbocycles. The van der Waals surface area contributed by atoms with E-state index in [1.54, 1.807) is 4.90 Å². The van der Waals surface area contributed by atoms with Gasteiger partial charge in [0.05, 0.1) is 6.04 Å². The molecule has 1 aromatic heterocycles. The molecule has 7 atom stereocenters. The predicted molar refractivity (Wildman–Crippen MR) is 213 cm³/mol. The molecular weight excluding hydrogens is 739 g/mol. The molecule has 2 fully saturated rings. The number of benzene rings is 1. The van der Waals surface area contributed by atoms with Crippen molar-refractivity contribution in [3.63, 3.8) is 0 Å². The number of hydrogen-bond donors (Lipinski definition) is 8. The normalized spacial score (nSPS) is 21.7. The van der Waals surface area contributed by atoms with Gasteiger partial charge < -0.3 is 54.2 Å². The number of carboxylic acid groups (broad SMARTS) is 1. The second-order valence-electron chi connectivity index (χ2n) is 14.8. The van der Waals surface area contributed by atoms with Gasteiger partial charge in [0.1, 0.15) is 24.2 Å². The SMILES string of the molecule is NC(N)=NCCC[C@H](NC(=O)[C@@H]1CC2CCCCC2N1C(=O)[C@@H]1Cc2ccccc2CN1C(=O)[C@H](Cc1cccs1)NC(=O)[C@@H](N)CCCN=C(N)N)C(=O)O. The molecule has 0 bridgehead atoms. The van der Waals surface area contributed by atoms with Crippen LogP contribution in [0, 0.1) is 5.92 Å². The molecule has 3 aliphatic rings. The summed E-state index contributed by atoms with van der Waals surface area (Å²) in [6.45, 7) is 0.612. The molecule has 0 spiro atoms.